The van der Waals surface area contributed by atoms with Gasteiger partial charge in [0.15, 0.2) is 5.13 Å². The number of carbonyl (C=O) groups is 1. The molecule has 2 unspecified atom stereocenters. The maximum Gasteiger partial charge on any atom is 0.226 e. The van der Waals surface area contributed by atoms with Crippen LogP contribution in [0.1, 0.15) is 50.5 Å². The molecule has 0 aliphatic heterocycles. The number of nitrogens with zero attached hydrogens (tertiary/aromatic N) is 1. The number of rotatable bonds is 3. The molecular weight excluding hydrogens is 396 g/mol. The van der Waals surface area contributed by atoms with Crippen LogP contribution in [0.15, 0.2) is 18.2 Å². The number of aromatic nitrogens is 1. The highest BCUT2D eigenvalue weighted by Gasteiger charge is 2.57. The summed E-state index contributed by atoms with van der Waals surface area (Å²) in [6.07, 6.45) is 8.30. The van der Waals surface area contributed by atoms with Crippen LogP contribution in [0.2, 0.25) is 0 Å². The summed E-state index contributed by atoms with van der Waals surface area (Å²) < 4.78 is 1.45. The summed E-state index contributed by atoms with van der Waals surface area (Å²) in [5.41, 5.74) is 2.39. The Balaban J connectivity index is 1.34. The molecule has 0 radical (unpaired) electrons. The monoisotopic (exact) mass is 418 g/mol. The number of thiazole rings is 1. The number of nitrogens with one attached hydrogen (secondary N) is 1. The number of hydrogen-bond donors (Lipinski definition) is 1. The maximum absolute atomic E-state index is 12.8. The minimum absolute atomic E-state index is 0.148. The second-order valence-electron chi connectivity index (χ2n) is 8.78. The highest BCUT2D eigenvalue weighted by Crippen LogP contribution is 2.65. The van der Waals surface area contributed by atoms with Crippen molar-refractivity contribution < 1.29 is 4.79 Å². The van der Waals surface area contributed by atoms with Gasteiger partial charge < -0.3 is 5.32 Å². The van der Waals surface area contributed by atoms with Gasteiger partial charge in [-0.2, -0.15) is 0 Å². The van der Waals surface area contributed by atoms with Crippen LogP contribution in [0.5, 0.6) is 0 Å². The SMILES string of the molecule is Cc1cccc2sc(NC(=O)CC34CC5CC(CC(Br)(C5)C3)C4)nc12. The van der Waals surface area contributed by atoms with E-state index in [-0.39, 0.29) is 11.3 Å². The van der Waals surface area contributed by atoms with E-state index in [9.17, 15) is 4.79 Å². The number of benzene rings is 1. The quantitative estimate of drug-likeness (QED) is 0.652. The Morgan fingerprint density at radius 1 is 1.32 bits per heavy atom. The topological polar surface area (TPSA) is 42.0 Å². The Labute approximate surface area is 160 Å². The molecule has 2 atom stereocenters. The van der Waals surface area contributed by atoms with E-state index in [1.807, 2.05) is 6.07 Å². The van der Waals surface area contributed by atoms with Crippen molar-refractivity contribution in [2.24, 2.45) is 17.3 Å². The fourth-order valence-corrected chi connectivity index (χ4v) is 8.66. The lowest BCUT2D eigenvalue weighted by Gasteiger charge is -2.60. The summed E-state index contributed by atoms with van der Waals surface area (Å²) in [5, 5.41) is 3.84. The third kappa shape index (κ3) is 2.84. The van der Waals surface area contributed by atoms with Gasteiger partial charge in [-0.1, -0.05) is 39.4 Å². The molecule has 1 heterocycles. The molecule has 132 valence electrons. The molecule has 0 saturated heterocycles. The van der Waals surface area contributed by atoms with Crippen LogP contribution in [0.25, 0.3) is 10.2 Å². The molecule has 4 bridgehead atoms. The lowest BCUT2D eigenvalue weighted by Crippen LogP contribution is -2.53. The summed E-state index contributed by atoms with van der Waals surface area (Å²) in [6, 6.07) is 6.19. The Kier molecular flexibility index (Phi) is 3.59. The fourth-order valence-electron chi connectivity index (χ4n) is 6.19. The van der Waals surface area contributed by atoms with Crippen LogP contribution in [0, 0.1) is 24.2 Å². The summed E-state index contributed by atoms with van der Waals surface area (Å²) in [6.45, 7) is 2.07. The second-order valence-corrected chi connectivity index (χ2v) is 11.5. The highest BCUT2D eigenvalue weighted by molar-refractivity contribution is 9.10. The van der Waals surface area contributed by atoms with Crippen molar-refractivity contribution in [2.75, 3.05) is 5.32 Å². The lowest BCUT2D eigenvalue weighted by molar-refractivity contribution is -0.123. The van der Waals surface area contributed by atoms with Crippen molar-refractivity contribution in [1.82, 2.24) is 4.98 Å². The van der Waals surface area contributed by atoms with Crippen molar-refractivity contribution >= 4 is 48.5 Å². The molecule has 0 spiro atoms. The lowest BCUT2D eigenvalue weighted by atomic mass is 9.48. The van der Waals surface area contributed by atoms with Crippen LogP contribution < -0.4 is 5.32 Å². The molecule has 4 saturated carbocycles. The second kappa shape index (κ2) is 5.53. The minimum atomic E-state index is 0.148. The number of alkyl halides is 1. The molecule has 5 heteroatoms. The van der Waals surface area contributed by atoms with E-state index in [1.54, 1.807) is 11.3 Å². The fraction of sp³-hybridized carbons (Fsp3) is 0.600. The zero-order valence-corrected chi connectivity index (χ0v) is 16.9. The van der Waals surface area contributed by atoms with Crippen LogP contribution in [-0.4, -0.2) is 15.2 Å². The normalized spacial score (nSPS) is 36.1. The predicted molar refractivity (Wildman–Crippen MR) is 106 cm³/mol. The number of carbonyl (C=O) groups excluding carboxylic acids is 1. The number of para-hydroxylation sites is 1. The summed E-state index contributed by atoms with van der Waals surface area (Å²) >= 11 is 5.62. The van der Waals surface area contributed by atoms with E-state index in [2.05, 4.69) is 45.3 Å². The first-order chi connectivity index (χ1) is 11.9. The molecule has 4 aliphatic rings. The molecule has 2 aromatic rings. The van der Waals surface area contributed by atoms with Gasteiger partial charge in [0.05, 0.1) is 10.2 Å². The van der Waals surface area contributed by atoms with Crippen LogP contribution in [-0.2, 0) is 4.79 Å². The van der Waals surface area contributed by atoms with Gasteiger partial charge in [-0.15, -0.1) is 0 Å². The zero-order valence-electron chi connectivity index (χ0n) is 14.5. The van der Waals surface area contributed by atoms with Gasteiger partial charge in [-0.05, 0) is 74.3 Å². The Morgan fingerprint density at radius 3 is 2.76 bits per heavy atom. The standard InChI is InChI=1S/C20H23BrN2OS/c1-12-3-2-4-15-17(12)23-18(25-15)22-16(24)10-19-6-13-5-14(7-19)9-20(21,8-13)11-19/h2-4,13-14H,5-11H2,1H3,(H,22,23,24). The van der Waals surface area contributed by atoms with Crippen LogP contribution in [0.3, 0.4) is 0 Å². The molecule has 1 amide bonds. The average Bonchev–Trinajstić information content (AvgIpc) is 2.87. The molecule has 3 nitrogen and oxygen atoms in total. The van der Waals surface area contributed by atoms with Gasteiger partial charge >= 0.3 is 0 Å². The number of amides is 1. The van der Waals surface area contributed by atoms with E-state index in [4.69, 9.17) is 0 Å². The van der Waals surface area contributed by atoms with Crippen molar-refractivity contribution in [2.45, 2.75) is 56.2 Å². The van der Waals surface area contributed by atoms with Crippen LogP contribution >= 0.6 is 27.3 Å². The summed E-state index contributed by atoms with van der Waals surface area (Å²) in [7, 11) is 0. The molecular formula is C20H23BrN2OS. The highest BCUT2D eigenvalue weighted by atomic mass is 79.9. The van der Waals surface area contributed by atoms with Gasteiger partial charge in [0, 0.05) is 10.7 Å². The molecule has 4 aliphatic carbocycles. The van der Waals surface area contributed by atoms with Crippen molar-refractivity contribution in [3.63, 3.8) is 0 Å². The van der Waals surface area contributed by atoms with E-state index < -0.39 is 0 Å². The van der Waals surface area contributed by atoms with Crippen molar-refractivity contribution in [1.29, 1.82) is 0 Å². The Bertz CT molecular complexity index is 846. The molecule has 25 heavy (non-hydrogen) atoms. The minimum Gasteiger partial charge on any atom is -0.302 e. The maximum atomic E-state index is 12.8. The molecule has 1 aromatic heterocycles. The third-order valence-corrected chi connectivity index (χ3v) is 8.38. The Hall–Kier alpha value is -0.940. The first-order valence-corrected chi connectivity index (χ1v) is 10.9. The van der Waals surface area contributed by atoms with Crippen molar-refractivity contribution in [3.05, 3.63) is 23.8 Å². The first kappa shape index (κ1) is 16.2. The van der Waals surface area contributed by atoms with Gasteiger partial charge in [0.2, 0.25) is 5.91 Å². The Morgan fingerprint density at radius 2 is 2.08 bits per heavy atom. The summed E-state index contributed by atoms with van der Waals surface area (Å²) in [4.78, 5) is 17.4. The van der Waals surface area contributed by atoms with Crippen molar-refractivity contribution in [3.8, 4) is 0 Å². The number of halogens is 1. The third-order valence-electron chi connectivity index (χ3n) is 6.51. The van der Waals surface area contributed by atoms with Gasteiger partial charge in [0.1, 0.15) is 0 Å². The average molecular weight is 419 g/mol. The van der Waals surface area contributed by atoms with Gasteiger partial charge in [-0.25, -0.2) is 4.98 Å². The van der Waals surface area contributed by atoms with Gasteiger partial charge in [0.25, 0.3) is 0 Å². The number of hydrogen-bond acceptors (Lipinski definition) is 3. The van der Waals surface area contributed by atoms with E-state index in [1.165, 1.54) is 38.5 Å². The zero-order chi connectivity index (χ0) is 17.2. The predicted octanol–water partition coefficient (Wildman–Crippen LogP) is 5.67. The molecule has 1 aromatic carbocycles. The van der Waals surface area contributed by atoms with Gasteiger partial charge in [-0.3, -0.25) is 4.79 Å². The molecule has 6 rings (SSSR count). The smallest absolute Gasteiger partial charge is 0.226 e. The molecule has 1 N–H and O–H groups in total. The van der Waals surface area contributed by atoms with E-state index >= 15 is 0 Å². The first-order valence-electron chi connectivity index (χ1n) is 9.27. The summed E-state index contributed by atoms with van der Waals surface area (Å²) in [5.74, 6) is 1.78. The molecule has 4 fully saturated rings. The number of fused-ring (bicyclic) bond motifs is 1. The number of anilines is 1. The van der Waals surface area contributed by atoms with Crippen LogP contribution in [0.4, 0.5) is 5.13 Å². The number of aryl methyl sites for hydroxylation is 1. The largest absolute Gasteiger partial charge is 0.302 e. The van der Waals surface area contributed by atoms with E-state index in [0.29, 0.717) is 10.7 Å². The van der Waals surface area contributed by atoms with E-state index in [0.717, 1.165) is 32.7 Å².